The van der Waals surface area contributed by atoms with Crippen LogP contribution in [-0.4, -0.2) is 53.5 Å². The highest BCUT2D eigenvalue weighted by Crippen LogP contribution is 2.43. The summed E-state index contributed by atoms with van der Waals surface area (Å²) in [6, 6.07) is 10.9. The lowest BCUT2D eigenvalue weighted by Gasteiger charge is -2.26. The fourth-order valence-corrected chi connectivity index (χ4v) is 3.75. The number of aliphatic carboxylic acids is 1. The number of methoxy groups -OCH3 is 2. The molecule has 0 aliphatic carbocycles. The molecular formula is C24H25NO7. The van der Waals surface area contributed by atoms with E-state index < -0.39 is 23.7 Å². The molecule has 1 heterocycles. The van der Waals surface area contributed by atoms with Crippen molar-refractivity contribution >= 4 is 23.4 Å². The van der Waals surface area contributed by atoms with Gasteiger partial charge in [0.05, 0.1) is 25.8 Å². The Bertz CT molecular complexity index is 1070. The zero-order valence-corrected chi connectivity index (χ0v) is 18.1. The van der Waals surface area contributed by atoms with Crippen LogP contribution in [0.3, 0.4) is 0 Å². The van der Waals surface area contributed by atoms with Crippen LogP contribution in [0.1, 0.15) is 35.6 Å². The third-order valence-corrected chi connectivity index (χ3v) is 5.39. The number of aliphatic hydroxyl groups excluding tert-OH is 1. The van der Waals surface area contributed by atoms with Crippen LogP contribution in [0, 0.1) is 6.92 Å². The highest BCUT2D eigenvalue weighted by molar-refractivity contribution is 6.46. The first kappa shape index (κ1) is 22.9. The summed E-state index contributed by atoms with van der Waals surface area (Å²) < 4.78 is 10.7. The molecule has 0 aromatic heterocycles. The van der Waals surface area contributed by atoms with Crippen molar-refractivity contribution in [2.45, 2.75) is 25.8 Å². The topological polar surface area (TPSA) is 113 Å². The molecule has 0 radical (unpaired) electrons. The minimum atomic E-state index is -1.00. The first-order valence-electron chi connectivity index (χ1n) is 10.1. The summed E-state index contributed by atoms with van der Waals surface area (Å²) in [7, 11) is 2.96. The molecule has 2 aromatic carbocycles. The van der Waals surface area contributed by atoms with Gasteiger partial charge in [-0.1, -0.05) is 29.8 Å². The van der Waals surface area contributed by atoms with Gasteiger partial charge in [0.15, 0.2) is 0 Å². The summed E-state index contributed by atoms with van der Waals surface area (Å²) in [4.78, 5) is 38.2. The second-order valence-electron chi connectivity index (χ2n) is 7.46. The van der Waals surface area contributed by atoms with Crippen molar-refractivity contribution in [1.29, 1.82) is 0 Å². The number of hydrogen-bond acceptors (Lipinski definition) is 6. The van der Waals surface area contributed by atoms with Crippen LogP contribution in [0.15, 0.2) is 48.0 Å². The van der Waals surface area contributed by atoms with Gasteiger partial charge in [0.25, 0.3) is 11.7 Å². The molecule has 2 N–H and O–H groups in total. The number of carboxylic acids is 1. The van der Waals surface area contributed by atoms with Gasteiger partial charge in [0.1, 0.15) is 17.3 Å². The van der Waals surface area contributed by atoms with E-state index in [0.29, 0.717) is 22.6 Å². The number of hydrogen-bond donors (Lipinski definition) is 2. The number of amides is 1. The first-order chi connectivity index (χ1) is 15.3. The number of likely N-dealkylation sites (tertiary alicyclic amines) is 1. The largest absolute Gasteiger partial charge is 0.507 e. The van der Waals surface area contributed by atoms with Crippen LogP contribution in [-0.2, 0) is 14.4 Å². The Balaban J connectivity index is 2.17. The number of nitrogens with zero attached hydrogens (tertiary/aromatic N) is 1. The number of carbonyl (C=O) groups is 3. The molecule has 1 amide bonds. The smallest absolute Gasteiger partial charge is 0.303 e. The molecular weight excluding hydrogens is 414 g/mol. The molecule has 8 heteroatoms. The first-order valence-corrected chi connectivity index (χ1v) is 10.1. The highest BCUT2D eigenvalue weighted by atomic mass is 16.5. The lowest BCUT2D eigenvalue weighted by atomic mass is 9.94. The van der Waals surface area contributed by atoms with Gasteiger partial charge < -0.3 is 24.6 Å². The van der Waals surface area contributed by atoms with E-state index in [1.54, 1.807) is 42.5 Å². The number of ether oxygens (including phenoxy) is 2. The van der Waals surface area contributed by atoms with E-state index in [1.165, 1.54) is 19.1 Å². The van der Waals surface area contributed by atoms with Gasteiger partial charge in [-0.25, -0.2) is 0 Å². The highest BCUT2D eigenvalue weighted by Gasteiger charge is 2.46. The third-order valence-electron chi connectivity index (χ3n) is 5.39. The summed E-state index contributed by atoms with van der Waals surface area (Å²) in [5.41, 5.74) is 1.79. The normalized spacial score (nSPS) is 17.5. The number of carbonyl (C=O) groups excluding carboxylic acids is 2. The summed E-state index contributed by atoms with van der Waals surface area (Å²) in [6.45, 7) is 1.93. The molecule has 168 valence electrons. The number of aryl methyl sites for hydroxylation is 1. The van der Waals surface area contributed by atoms with Gasteiger partial charge in [0, 0.05) is 30.2 Å². The number of rotatable bonds is 8. The van der Waals surface area contributed by atoms with Crippen molar-refractivity contribution in [3.05, 3.63) is 64.7 Å². The number of ketones is 1. The number of Topliss-reactive ketones (excluding diaryl/α,β-unsaturated/α-hetero) is 1. The van der Waals surface area contributed by atoms with E-state index in [9.17, 15) is 19.5 Å². The predicted octanol–water partition coefficient (Wildman–Crippen LogP) is 3.30. The van der Waals surface area contributed by atoms with Crippen LogP contribution in [0.2, 0.25) is 0 Å². The molecule has 3 rings (SSSR count). The molecule has 1 saturated heterocycles. The van der Waals surface area contributed by atoms with E-state index in [1.807, 2.05) is 6.92 Å². The molecule has 1 aliphatic rings. The molecule has 0 bridgehead atoms. The van der Waals surface area contributed by atoms with Crippen LogP contribution in [0.25, 0.3) is 5.76 Å². The van der Waals surface area contributed by atoms with E-state index in [0.717, 1.165) is 5.56 Å². The molecule has 0 saturated carbocycles. The van der Waals surface area contributed by atoms with Gasteiger partial charge in [0.2, 0.25) is 0 Å². The predicted molar refractivity (Wildman–Crippen MR) is 117 cm³/mol. The average Bonchev–Trinajstić information content (AvgIpc) is 3.03. The summed E-state index contributed by atoms with van der Waals surface area (Å²) in [5, 5.41) is 20.0. The minimum absolute atomic E-state index is 0.0292. The molecule has 8 nitrogen and oxygen atoms in total. The van der Waals surface area contributed by atoms with E-state index >= 15 is 0 Å². The number of benzene rings is 2. The lowest BCUT2D eigenvalue weighted by molar-refractivity contribution is -0.140. The molecule has 0 spiro atoms. The summed E-state index contributed by atoms with van der Waals surface area (Å²) >= 11 is 0. The maximum atomic E-state index is 13.0. The van der Waals surface area contributed by atoms with Crippen LogP contribution < -0.4 is 9.47 Å². The van der Waals surface area contributed by atoms with Crippen LogP contribution in [0.4, 0.5) is 0 Å². The maximum Gasteiger partial charge on any atom is 0.303 e. The molecule has 2 aromatic rings. The Kier molecular flexibility index (Phi) is 6.82. The monoisotopic (exact) mass is 439 g/mol. The molecule has 32 heavy (non-hydrogen) atoms. The zero-order valence-electron chi connectivity index (χ0n) is 18.1. The third kappa shape index (κ3) is 4.44. The second-order valence-corrected chi connectivity index (χ2v) is 7.46. The SMILES string of the molecule is COc1ccc(C2/C(=C(\O)c3ccc(C)cc3)C(=O)C(=O)N2CCCC(=O)O)c(OC)c1. The summed E-state index contributed by atoms with van der Waals surface area (Å²) in [5.74, 6) is -2.04. The van der Waals surface area contributed by atoms with Crippen molar-refractivity contribution in [2.24, 2.45) is 0 Å². The Labute approximate surface area is 185 Å². The Morgan fingerprint density at radius 3 is 2.31 bits per heavy atom. The Morgan fingerprint density at radius 1 is 1.03 bits per heavy atom. The van der Waals surface area contributed by atoms with Crippen molar-refractivity contribution in [2.75, 3.05) is 20.8 Å². The lowest BCUT2D eigenvalue weighted by Crippen LogP contribution is -2.31. The van der Waals surface area contributed by atoms with Gasteiger partial charge in [-0.05, 0) is 25.5 Å². The van der Waals surface area contributed by atoms with Crippen LogP contribution in [0.5, 0.6) is 11.5 Å². The molecule has 1 atom stereocenters. The van der Waals surface area contributed by atoms with Crippen LogP contribution >= 0.6 is 0 Å². The number of carboxylic acid groups (broad SMARTS) is 1. The quantitative estimate of drug-likeness (QED) is 0.369. The minimum Gasteiger partial charge on any atom is -0.507 e. The van der Waals surface area contributed by atoms with Crippen molar-refractivity contribution < 1.29 is 34.1 Å². The molecule has 1 unspecified atom stereocenters. The van der Waals surface area contributed by atoms with Gasteiger partial charge in [-0.3, -0.25) is 14.4 Å². The zero-order chi connectivity index (χ0) is 23.4. The van der Waals surface area contributed by atoms with Crippen molar-refractivity contribution in [1.82, 2.24) is 4.90 Å². The fraction of sp³-hybridized carbons (Fsp3) is 0.292. The Hall–Kier alpha value is -3.81. The Morgan fingerprint density at radius 2 is 1.72 bits per heavy atom. The summed E-state index contributed by atoms with van der Waals surface area (Å²) in [6.07, 6.45) is -0.00464. The maximum absolute atomic E-state index is 13.0. The van der Waals surface area contributed by atoms with Crippen molar-refractivity contribution in [3.63, 3.8) is 0 Å². The van der Waals surface area contributed by atoms with Crippen molar-refractivity contribution in [3.8, 4) is 11.5 Å². The fourth-order valence-electron chi connectivity index (χ4n) is 3.75. The van der Waals surface area contributed by atoms with E-state index in [2.05, 4.69) is 0 Å². The standard InChI is InChI=1S/C24H25NO7/c1-14-6-8-15(9-7-14)22(28)20-21(17-11-10-16(31-2)13-18(17)32-3)25(24(30)23(20)29)12-4-5-19(26)27/h6-11,13,21,28H,4-5,12H2,1-3H3,(H,26,27)/b22-20+. The average molecular weight is 439 g/mol. The van der Waals surface area contributed by atoms with Gasteiger partial charge in [-0.2, -0.15) is 0 Å². The number of aliphatic hydroxyl groups is 1. The van der Waals surface area contributed by atoms with Gasteiger partial charge >= 0.3 is 5.97 Å². The van der Waals surface area contributed by atoms with E-state index in [-0.39, 0.29) is 30.7 Å². The van der Waals surface area contributed by atoms with Gasteiger partial charge in [-0.15, -0.1) is 0 Å². The second kappa shape index (κ2) is 9.55. The van der Waals surface area contributed by atoms with E-state index in [4.69, 9.17) is 14.6 Å². The molecule has 1 aliphatic heterocycles. The molecule has 1 fully saturated rings.